The molecular weight excluding hydrogens is 463 g/mol. The van der Waals surface area contributed by atoms with Gasteiger partial charge in [-0.05, 0) is 28.7 Å². The molecule has 0 saturated heterocycles. The van der Waals surface area contributed by atoms with E-state index in [2.05, 4.69) is 4.42 Å². The lowest BCUT2D eigenvalue weighted by Gasteiger charge is -2.47. The zero-order valence-electron chi connectivity index (χ0n) is 16.8. The van der Waals surface area contributed by atoms with Crippen LogP contribution in [0.2, 0.25) is 0 Å². The smallest absolute Gasteiger partial charge is 0.419 e. The molecule has 1 aromatic heterocycles. The van der Waals surface area contributed by atoms with E-state index in [0.717, 1.165) is 12.3 Å². The first-order valence-corrected chi connectivity index (χ1v) is 9.95. The van der Waals surface area contributed by atoms with Crippen LogP contribution in [0.1, 0.15) is 29.5 Å². The minimum Gasteiger partial charge on any atom is -0.472 e. The molecule has 0 N–H and O–H groups in total. The van der Waals surface area contributed by atoms with E-state index in [4.69, 9.17) is 0 Å². The van der Waals surface area contributed by atoms with Crippen molar-refractivity contribution in [3.8, 4) is 0 Å². The number of rotatable bonds is 0. The van der Waals surface area contributed by atoms with Crippen molar-refractivity contribution >= 4 is 5.57 Å². The van der Waals surface area contributed by atoms with E-state index in [9.17, 15) is 39.5 Å². The molecule has 2 atom stereocenters. The standard InChI is InChI=1S/C18H14F6.C5H3F3O/c19-16(20)7-10-3-1-2-4-12(10)13-6-5-11-8-17(21,22)18(23,24)9-14(11)15(13)16;6-5(7,8)4-1-2-9-3-4/h1-6,14-15H,7-9H2;1-3H. The van der Waals surface area contributed by atoms with Crippen molar-refractivity contribution in [3.05, 3.63) is 77.3 Å². The van der Waals surface area contributed by atoms with Crippen LogP contribution < -0.4 is 0 Å². The predicted molar refractivity (Wildman–Crippen MR) is 101 cm³/mol. The van der Waals surface area contributed by atoms with Gasteiger partial charge in [0.25, 0.3) is 5.92 Å². The molecule has 0 aliphatic heterocycles. The van der Waals surface area contributed by atoms with Crippen molar-refractivity contribution < 1.29 is 43.9 Å². The highest BCUT2D eigenvalue weighted by atomic mass is 19.4. The summed E-state index contributed by atoms with van der Waals surface area (Å²) < 4.78 is 123. The van der Waals surface area contributed by atoms with Crippen LogP contribution in [0.15, 0.2) is 65.0 Å². The first-order valence-electron chi connectivity index (χ1n) is 9.95. The Bertz CT molecular complexity index is 1080. The molecule has 3 aliphatic carbocycles. The zero-order valence-corrected chi connectivity index (χ0v) is 16.8. The Balaban J connectivity index is 0.000000243. The second-order valence-electron chi connectivity index (χ2n) is 8.34. The van der Waals surface area contributed by atoms with Crippen LogP contribution in [-0.4, -0.2) is 17.8 Å². The van der Waals surface area contributed by atoms with Crippen LogP contribution in [0.4, 0.5) is 39.5 Å². The SMILES string of the molecule is FC(F)(F)c1ccoc1.FC1(F)Cc2ccccc2C2=CC=C3CC(F)(F)C(F)(F)CC3C21. The largest absolute Gasteiger partial charge is 0.472 e. The molecule has 1 heterocycles. The summed E-state index contributed by atoms with van der Waals surface area (Å²) in [4.78, 5) is 0. The average Bonchev–Trinajstić information content (AvgIpc) is 3.23. The Morgan fingerprint density at radius 1 is 0.848 bits per heavy atom. The van der Waals surface area contributed by atoms with Gasteiger partial charge in [0.05, 0.1) is 17.7 Å². The summed E-state index contributed by atoms with van der Waals surface area (Å²) >= 11 is 0. The minimum absolute atomic E-state index is 0.00117. The van der Waals surface area contributed by atoms with Crippen molar-refractivity contribution in [2.24, 2.45) is 11.8 Å². The number of furan rings is 1. The van der Waals surface area contributed by atoms with E-state index in [-0.39, 0.29) is 11.1 Å². The molecule has 3 aliphatic rings. The maximum atomic E-state index is 14.7. The van der Waals surface area contributed by atoms with Gasteiger partial charge in [0.2, 0.25) is 0 Å². The van der Waals surface area contributed by atoms with Crippen molar-refractivity contribution in [1.82, 2.24) is 0 Å². The van der Waals surface area contributed by atoms with Gasteiger partial charge < -0.3 is 4.42 Å². The van der Waals surface area contributed by atoms with Crippen molar-refractivity contribution in [1.29, 1.82) is 0 Å². The fourth-order valence-electron chi connectivity index (χ4n) is 4.63. The second-order valence-corrected chi connectivity index (χ2v) is 8.34. The van der Waals surface area contributed by atoms with E-state index in [1.54, 1.807) is 24.3 Å². The summed E-state index contributed by atoms with van der Waals surface area (Å²) in [5.41, 5.74) is 0.581. The fourth-order valence-corrected chi connectivity index (χ4v) is 4.63. The summed E-state index contributed by atoms with van der Waals surface area (Å²) in [6.45, 7) is 0. The van der Waals surface area contributed by atoms with Crippen LogP contribution in [0.3, 0.4) is 0 Å². The van der Waals surface area contributed by atoms with Crippen LogP contribution >= 0.6 is 0 Å². The third kappa shape index (κ3) is 4.19. The van der Waals surface area contributed by atoms with Gasteiger partial charge in [-0.1, -0.05) is 42.0 Å². The molecule has 1 fully saturated rings. The van der Waals surface area contributed by atoms with E-state index in [1.165, 1.54) is 12.2 Å². The van der Waals surface area contributed by atoms with E-state index in [0.29, 0.717) is 17.4 Å². The van der Waals surface area contributed by atoms with Gasteiger partial charge >= 0.3 is 18.0 Å². The first kappa shape index (κ1) is 23.5. The van der Waals surface area contributed by atoms with Gasteiger partial charge in [0.15, 0.2) is 0 Å². The normalized spacial score (nSPS) is 26.5. The van der Waals surface area contributed by atoms with E-state index in [1.807, 2.05) is 0 Å². The monoisotopic (exact) mass is 480 g/mol. The molecule has 2 unspecified atom stereocenters. The Morgan fingerprint density at radius 3 is 2.15 bits per heavy atom. The molecule has 1 aromatic carbocycles. The van der Waals surface area contributed by atoms with Crippen LogP contribution in [0.25, 0.3) is 5.57 Å². The van der Waals surface area contributed by atoms with Crippen LogP contribution in [-0.2, 0) is 12.6 Å². The highest BCUT2D eigenvalue weighted by molar-refractivity contribution is 5.76. The van der Waals surface area contributed by atoms with Gasteiger partial charge in [0, 0.05) is 19.3 Å². The molecule has 2 aromatic rings. The number of alkyl halides is 9. The average molecular weight is 480 g/mol. The summed E-state index contributed by atoms with van der Waals surface area (Å²) in [6.07, 6.45) is -2.85. The van der Waals surface area contributed by atoms with E-state index < -0.39 is 60.6 Å². The number of fused-ring (bicyclic) bond motifs is 5. The summed E-state index contributed by atoms with van der Waals surface area (Å²) in [7, 11) is 0. The molecule has 0 radical (unpaired) electrons. The number of hydrogen-bond acceptors (Lipinski definition) is 1. The molecule has 33 heavy (non-hydrogen) atoms. The lowest BCUT2D eigenvalue weighted by molar-refractivity contribution is -0.233. The third-order valence-electron chi connectivity index (χ3n) is 6.19. The van der Waals surface area contributed by atoms with E-state index >= 15 is 0 Å². The quantitative estimate of drug-likeness (QED) is 0.351. The van der Waals surface area contributed by atoms with Crippen molar-refractivity contribution in [3.63, 3.8) is 0 Å². The van der Waals surface area contributed by atoms with Gasteiger partial charge in [0.1, 0.15) is 6.26 Å². The van der Waals surface area contributed by atoms with Crippen LogP contribution in [0, 0.1) is 11.8 Å². The topological polar surface area (TPSA) is 13.1 Å². The van der Waals surface area contributed by atoms with Gasteiger partial charge in [-0.2, -0.15) is 30.7 Å². The van der Waals surface area contributed by atoms with Gasteiger partial charge in [-0.3, -0.25) is 0 Å². The van der Waals surface area contributed by atoms with Crippen LogP contribution in [0.5, 0.6) is 0 Å². The summed E-state index contributed by atoms with van der Waals surface area (Å²) in [6, 6.07) is 7.49. The minimum atomic E-state index is -4.27. The molecule has 5 rings (SSSR count). The van der Waals surface area contributed by atoms with Crippen molar-refractivity contribution in [2.45, 2.75) is 43.2 Å². The van der Waals surface area contributed by atoms with Crippen molar-refractivity contribution in [2.75, 3.05) is 0 Å². The third-order valence-corrected chi connectivity index (χ3v) is 6.19. The number of halogens is 9. The summed E-state index contributed by atoms with van der Waals surface area (Å²) in [5.74, 6) is -14.4. The fraction of sp³-hybridized carbons (Fsp3) is 0.391. The molecule has 0 bridgehead atoms. The Morgan fingerprint density at radius 2 is 1.55 bits per heavy atom. The molecule has 1 saturated carbocycles. The molecule has 178 valence electrons. The lowest BCUT2D eigenvalue weighted by Crippen LogP contribution is -2.52. The molecule has 0 amide bonds. The zero-order chi connectivity index (χ0) is 24.2. The lowest BCUT2D eigenvalue weighted by atomic mass is 9.62. The molecule has 10 heteroatoms. The second kappa shape index (κ2) is 7.70. The molecule has 1 nitrogen and oxygen atoms in total. The Kier molecular flexibility index (Phi) is 5.48. The number of benzene rings is 1. The van der Waals surface area contributed by atoms with Gasteiger partial charge in [-0.25, -0.2) is 8.78 Å². The summed E-state index contributed by atoms with van der Waals surface area (Å²) in [5, 5.41) is 0. The highest BCUT2D eigenvalue weighted by Crippen LogP contribution is 2.59. The molecular formula is C23H17F9O. The Hall–Kier alpha value is -2.65. The predicted octanol–water partition coefficient (Wildman–Crippen LogP) is 7.80. The number of hydrogen-bond donors (Lipinski definition) is 0. The Labute approximate surface area is 182 Å². The molecule has 0 spiro atoms. The maximum Gasteiger partial charge on any atom is 0.419 e. The first-order chi connectivity index (χ1) is 15.2. The highest BCUT2D eigenvalue weighted by Gasteiger charge is 2.64. The number of allylic oxidation sites excluding steroid dienone is 4. The van der Waals surface area contributed by atoms with Gasteiger partial charge in [-0.15, -0.1) is 0 Å². The maximum absolute atomic E-state index is 14.7.